The van der Waals surface area contributed by atoms with Gasteiger partial charge in [-0.05, 0) is 25.3 Å². The maximum Gasteiger partial charge on any atom is 0.232 e. The molecule has 2 N–H and O–H groups in total. The van der Waals surface area contributed by atoms with E-state index in [1.54, 1.807) is 24.7 Å². The molecule has 1 fully saturated rings. The molecular formula is C18H15N5O2S2. The predicted molar refractivity (Wildman–Crippen MR) is 105 cm³/mol. The summed E-state index contributed by atoms with van der Waals surface area (Å²) in [5, 5.41) is 4.77. The van der Waals surface area contributed by atoms with Gasteiger partial charge in [0.25, 0.3) is 0 Å². The van der Waals surface area contributed by atoms with E-state index in [9.17, 15) is 4.55 Å². The van der Waals surface area contributed by atoms with E-state index in [1.807, 2.05) is 6.07 Å². The lowest BCUT2D eigenvalue weighted by atomic mass is 10.0. The number of aromatic nitrogens is 4. The van der Waals surface area contributed by atoms with Crippen molar-refractivity contribution in [3.05, 3.63) is 37.1 Å². The van der Waals surface area contributed by atoms with Gasteiger partial charge < -0.3 is 14.8 Å². The summed E-state index contributed by atoms with van der Waals surface area (Å²) in [5.74, 6) is 0.589. The lowest BCUT2D eigenvalue weighted by molar-refractivity contribution is 0.432. The van der Waals surface area contributed by atoms with Crippen molar-refractivity contribution in [1.29, 1.82) is 0 Å². The number of thiophene rings is 1. The third-order valence-electron chi connectivity index (χ3n) is 4.76. The first-order chi connectivity index (χ1) is 13.2. The van der Waals surface area contributed by atoms with Crippen LogP contribution >= 0.6 is 11.3 Å². The average Bonchev–Trinajstić information content (AvgIpc) is 3.29. The Morgan fingerprint density at radius 3 is 2.74 bits per heavy atom. The number of nitrogen functional groups attached to an aromatic ring is 1. The number of nitrogens with zero attached hydrogens (tertiary/aromatic N) is 4. The molecule has 1 saturated carbocycles. The summed E-state index contributed by atoms with van der Waals surface area (Å²) in [4.78, 5) is 13.6. The zero-order valence-corrected chi connectivity index (χ0v) is 15.8. The zero-order valence-electron chi connectivity index (χ0n) is 14.2. The summed E-state index contributed by atoms with van der Waals surface area (Å²) in [6, 6.07) is 3.67. The highest BCUT2D eigenvalue weighted by atomic mass is 32.2. The van der Waals surface area contributed by atoms with Crippen LogP contribution in [0.5, 0.6) is 0 Å². The van der Waals surface area contributed by atoms with Crippen molar-refractivity contribution in [3.63, 3.8) is 0 Å². The fourth-order valence-electron chi connectivity index (χ4n) is 3.11. The van der Waals surface area contributed by atoms with Gasteiger partial charge in [-0.25, -0.2) is 15.0 Å². The summed E-state index contributed by atoms with van der Waals surface area (Å²) in [7, 11) is 0. The molecule has 9 heteroatoms. The molecule has 27 heavy (non-hydrogen) atoms. The molecule has 1 aliphatic carbocycles. The van der Waals surface area contributed by atoms with Gasteiger partial charge in [0.15, 0.2) is 5.76 Å². The Morgan fingerprint density at radius 2 is 2.07 bits per heavy atom. The van der Waals surface area contributed by atoms with Gasteiger partial charge in [0.1, 0.15) is 22.1 Å². The van der Waals surface area contributed by atoms with E-state index in [1.165, 1.54) is 17.7 Å². The van der Waals surface area contributed by atoms with Crippen molar-refractivity contribution in [2.24, 2.45) is 0 Å². The van der Waals surface area contributed by atoms with E-state index in [0.29, 0.717) is 21.4 Å². The van der Waals surface area contributed by atoms with E-state index in [0.717, 1.165) is 40.6 Å². The van der Waals surface area contributed by atoms with Crippen molar-refractivity contribution in [2.45, 2.75) is 28.7 Å². The molecule has 0 aliphatic heterocycles. The number of rotatable bonds is 4. The molecule has 1 unspecified atom stereocenters. The summed E-state index contributed by atoms with van der Waals surface area (Å²) < 4.78 is 19.0. The molecular weight excluding hydrogens is 382 g/mol. The second kappa shape index (κ2) is 6.59. The van der Waals surface area contributed by atoms with Gasteiger partial charge >= 0.3 is 0 Å². The molecule has 0 spiro atoms. The van der Waals surface area contributed by atoms with Gasteiger partial charge in [-0.2, -0.15) is 0 Å². The molecule has 0 bridgehead atoms. The highest BCUT2D eigenvalue weighted by molar-refractivity contribution is 7.94. The van der Waals surface area contributed by atoms with Crippen LogP contribution in [0, 0.1) is 0 Å². The van der Waals surface area contributed by atoms with Crippen molar-refractivity contribution in [3.8, 4) is 22.6 Å². The minimum Gasteiger partial charge on any atom is -0.611 e. The van der Waals surface area contributed by atoms with Gasteiger partial charge in [0.2, 0.25) is 4.21 Å². The maximum atomic E-state index is 12.9. The van der Waals surface area contributed by atoms with Crippen LogP contribution in [0.25, 0.3) is 32.8 Å². The molecule has 4 heterocycles. The molecule has 7 nitrogen and oxygen atoms in total. The van der Waals surface area contributed by atoms with Crippen molar-refractivity contribution in [2.75, 3.05) is 5.73 Å². The molecule has 1 aliphatic rings. The van der Waals surface area contributed by atoms with Crippen LogP contribution < -0.4 is 5.73 Å². The highest BCUT2D eigenvalue weighted by Gasteiger charge is 2.35. The Hall–Kier alpha value is -2.49. The second-order valence-electron chi connectivity index (χ2n) is 6.39. The largest absolute Gasteiger partial charge is 0.611 e. The number of pyridine rings is 1. The van der Waals surface area contributed by atoms with Crippen LogP contribution in [0.4, 0.5) is 5.69 Å². The zero-order chi connectivity index (χ0) is 18.4. The number of hydrogen-bond acceptors (Lipinski definition) is 8. The smallest absolute Gasteiger partial charge is 0.232 e. The fraction of sp³-hybridized carbons (Fsp3) is 0.222. The van der Waals surface area contributed by atoms with Crippen molar-refractivity contribution >= 4 is 38.4 Å². The maximum absolute atomic E-state index is 12.9. The molecule has 4 aromatic rings. The normalized spacial score (nSPS) is 15.7. The highest BCUT2D eigenvalue weighted by Crippen LogP contribution is 2.45. The Balaban J connectivity index is 1.74. The lowest BCUT2D eigenvalue weighted by Crippen LogP contribution is -2.28. The van der Waals surface area contributed by atoms with Crippen LogP contribution in [-0.2, 0) is 11.2 Å². The Bertz CT molecular complexity index is 1090. The van der Waals surface area contributed by atoms with E-state index < -0.39 is 11.2 Å². The van der Waals surface area contributed by atoms with Gasteiger partial charge in [-0.3, -0.25) is 0 Å². The molecule has 0 aromatic carbocycles. The molecule has 0 saturated heterocycles. The number of hydrogen-bond donors (Lipinski definition) is 1. The Labute approximate surface area is 161 Å². The molecule has 4 aromatic heterocycles. The molecule has 0 amide bonds. The van der Waals surface area contributed by atoms with Gasteiger partial charge in [0, 0.05) is 40.8 Å². The van der Waals surface area contributed by atoms with Crippen LogP contribution in [0.1, 0.15) is 19.3 Å². The number of fused-ring (bicyclic) bond motifs is 1. The first-order valence-electron chi connectivity index (χ1n) is 8.52. The van der Waals surface area contributed by atoms with Crippen LogP contribution in [0.3, 0.4) is 0 Å². The summed E-state index contributed by atoms with van der Waals surface area (Å²) in [6.45, 7) is 0. The van der Waals surface area contributed by atoms with Crippen LogP contribution in [0.2, 0.25) is 0 Å². The van der Waals surface area contributed by atoms with E-state index in [4.69, 9.17) is 15.2 Å². The van der Waals surface area contributed by atoms with E-state index in [-0.39, 0.29) is 5.25 Å². The first kappa shape index (κ1) is 16.7. The molecule has 0 radical (unpaired) electrons. The Kier molecular flexibility index (Phi) is 4.07. The van der Waals surface area contributed by atoms with E-state index in [2.05, 4.69) is 15.1 Å². The van der Waals surface area contributed by atoms with Crippen LogP contribution in [-0.4, -0.2) is 29.9 Å². The second-order valence-corrected chi connectivity index (χ2v) is 9.32. The average molecular weight is 397 g/mol. The minimum absolute atomic E-state index is 0.191. The summed E-state index contributed by atoms with van der Waals surface area (Å²) in [6.07, 6.45) is 9.56. The first-order valence-corrected chi connectivity index (χ1v) is 10.6. The van der Waals surface area contributed by atoms with E-state index >= 15 is 0 Å². The quantitative estimate of drug-likeness (QED) is 0.523. The summed E-state index contributed by atoms with van der Waals surface area (Å²) >= 11 is 0.282. The fourth-order valence-corrected chi connectivity index (χ4v) is 6.32. The number of nitrogens with two attached hydrogens (primary N) is 1. The molecule has 1 atom stereocenters. The molecule has 136 valence electrons. The third kappa shape index (κ3) is 2.78. The van der Waals surface area contributed by atoms with Gasteiger partial charge in [-0.15, -0.1) is 0 Å². The Morgan fingerprint density at radius 1 is 1.26 bits per heavy atom. The van der Waals surface area contributed by atoms with Crippen molar-refractivity contribution in [1.82, 2.24) is 20.1 Å². The topological polar surface area (TPSA) is 114 Å². The molecule has 5 rings (SSSR count). The monoisotopic (exact) mass is 397 g/mol. The third-order valence-corrected chi connectivity index (χ3v) is 8.06. The number of anilines is 1. The minimum atomic E-state index is -1.11. The summed E-state index contributed by atoms with van der Waals surface area (Å²) in [5.41, 5.74) is 9.24. The SMILES string of the molecule is Nc1c([S+]([O-])C2CCC2)sc2nc(-c3cncnc3)cc(-c3ccno3)c12. The van der Waals surface area contributed by atoms with Gasteiger partial charge in [0.05, 0.1) is 17.3 Å². The van der Waals surface area contributed by atoms with Crippen molar-refractivity contribution < 1.29 is 9.08 Å². The van der Waals surface area contributed by atoms with Gasteiger partial charge in [-0.1, -0.05) is 16.5 Å². The van der Waals surface area contributed by atoms with Crippen LogP contribution in [0.15, 0.2) is 45.8 Å². The lowest BCUT2D eigenvalue weighted by Gasteiger charge is -2.26. The standard InChI is InChI=1S/C18H15N5O2S2/c19-16-15-12(14-4-5-22-25-14)6-13(10-7-20-9-21-8-10)23-17(15)26-18(16)27(24)11-2-1-3-11/h4-9,11H,1-3,19H2. The predicted octanol–water partition coefficient (Wildman–Crippen LogP) is 3.65.